The topological polar surface area (TPSA) is 117 Å². The normalized spacial score (nSPS) is 11.2. The van der Waals surface area contributed by atoms with Crippen molar-refractivity contribution in [1.29, 1.82) is 0 Å². The SMILES string of the molecule is CC(C)(N)COc1ccc([N+](=O)[O-])c(N)n1. The van der Waals surface area contributed by atoms with E-state index in [1.165, 1.54) is 12.1 Å². The van der Waals surface area contributed by atoms with Crippen molar-refractivity contribution in [3.8, 4) is 5.88 Å². The van der Waals surface area contributed by atoms with Crippen molar-refractivity contribution in [2.24, 2.45) is 5.73 Å². The fraction of sp³-hybridized carbons (Fsp3) is 0.444. The molecule has 88 valence electrons. The number of nitrogen functional groups attached to an aromatic ring is 1. The van der Waals surface area contributed by atoms with Crippen LogP contribution in [0.3, 0.4) is 0 Å². The second-order valence-electron chi connectivity index (χ2n) is 4.09. The highest BCUT2D eigenvalue weighted by Gasteiger charge is 2.15. The first-order valence-corrected chi connectivity index (χ1v) is 4.62. The van der Waals surface area contributed by atoms with E-state index in [2.05, 4.69) is 4.98 Å². The molecule has 0 aliphatic carbocycles. The summed E-state index contributed by atoms with van der Waals surface area (Å²) in [4.78, 5) is 13.6. The molecule has 0 radical (unpaired) electrons. The van der Waals surface area contributed by atoms with Gasteiger partial charge in [-0.05, 0) is 13.8 Å². The highest BCUT2D eigenvalue weighted by Crippen LogP contribution is 2.22. The average molecular weight is 226 g/mol. The van der Waals surface area contributed by atoms with Crippen LogP contribution in [0.2, 0.25) is 0 Å². The summed E-state index contributed by atoms with van der Waals surface area (Å²) in [6.45, 7) is 3.83. The number of hydrogen-bond donors (Lipinski definition) is 2. The Morgan fingerprint density at radius 3 is 2.62 bits per heavy atom. The standard InChI is InChI=1S/C9H14N4O3/c1-9(2,11)5-16-7-4-3-6(13(14)15)8(10)12-7/h3-4H,5,11H2,1-2H3,(H2,10,12). The third-order valence-corrected chi connectivity index (χ3v) is 1.67. The van der Waals surface area contributed by atoms with Gasteiger partial charge in [-0.1, -0.05) is 0 Å². The molecule has 0 unspecified atom stereocenters. The quantitative estimate of drug-likeness (QED) is 0.576. The third-order valence-electron chi connectivity index (χ3n) is 1.67. The van der Waals surface area contributed by atoms with Crippen LogP contribution in [0, 0.1) is 10.1 Å². The molecule has 0 aromatic carbocycles. The molecular weight excluding hydrogens is 212 g/mol. The van der Waals surface area contributed by atoms with Gasteiger partial charge in [-0.3, -0.25) is 10.1 Å². The lowest BCUT2D eigenvalue weighted by Gasteiger charge is -2.18. The molecule has 7 nitrogen and oxygen atoms in total. The second-order valence-corrected chi connectivity index (χ2v) is 4.09. The lowest BCUT2D eigenvalue weighted by Crippen LogP contribution is -2.38. The monoisotopic (exact) mass is 226 g/mol. The van der Waals surface area contributed by atoms with Crippen LogP contribution in [-0.4, -0.2) is 22.1 Å². The van der Waals surface area contributed by atoms with Gasteiger partial charge in [0.1, 0.15) is 6.61 Å². The van der Waals surface area contributed by atoms with E-state index in [0.717, 1.165) is 0 Å². The van der Waals surface area contributed by atoms with E-state index in [1.54, 1.807) is 13.8 Å². The number of anilines is 1. The van der Waals surface area contributed by atoms with Crippen molar-refractivity contribution in [3.63, 3.8) is 0 Å². The Morgan fingerprint density at radius 1 is 1.56 bits per heavy atom. The summed E-state index contributed by atoms with van der Waals surface area (Å²) >= 11 is 0. The predicted molar refractivity (Wildman–Crippen MR) is 59.1 cm³/mol. The average Bonchev–Trinajstić information content (AvgIpc) is 2.13. The van der Waals surface area contributed by atoms with Gasteiger partial charge in [0.15, 0.2) is 0 Å². The second kappa shape index (κ2) is 4.31. The number of nitrogens with zero attached hydrogens (tertiary/aromatic N) is 2. The minimum absolute atomic E-state index is 0.169. The van der Waals surface area contributed by atoms with Crippen molar-refractivity contribution in [2.75, 3.05) is 12.3 Å². The van der Waals surface area contributed by atoms with Crippen molar-refractivity contribution in [3.05, 3.63) is 22.2 Å². The van der Waals surface area contributed by atoms with E-state index in [0.29, 0.717) is 0 Å². The van der Waals surface area contributed by atoms with E-state index in [4.69, 9.17) is 16.2 Å². The maximum atomic E-state index is 10.5. The minimum atomic E-state index is -0.598. The van der Waals surface area contributed by atoms with Gasteiger partial charge in [0.2, 0.25) is 11.7 Å². The lowest BCUT2D eigenvalue weighted by atomic mass is 10.1. The number of pyridine rings is 1. The summed E-state index contributed by atoms with van der Waals surface area (Å²) in [7, 11) is 0. The van der Waals surface area contributed by atoms with Crippen LogP contribution in [0.1, 0.15) is 13.8 Å². The molecular formula is C9H14N4O3. The molecule has 0 saturated carbocycles. The maximum Gasteiger partial charge on any atom is 0.311 e. The van der Waals surface area contributed by atoms with Crippen LogP contribution in [0.25, 0.3) is 0 Å². The Kier molecular flexibility index (Phi) is 3.28. The van der Waals surface area contributed by atoms with E-state index in [9.17, 15) is 10.1 Å². The summed E-state index contributed by atoms with van der Waals surface area (Å²) in [6.07, 6.45) is 0. The Balaban J connectivity index is 2.78. The van der Waals surface area contributed by atoms with Crippen molar-refractivity contribution in [1.82, 2.24) is 4.98 Å². The number of nitrogens with two attached hydrogens (primary N) is 2. The zero-order valence-corrected chi connectivity index (χ0v) is 9.14. The van der Waals surface area contributed by atoms with Crippen LogP contribution in [0.4, 0.5) is 11.5 Å². The maximum absolute atomic E-state index is 10.5. The first kappa shape index (κ1) is 12.2. The highest BCUT2D eigenvalue weighted by atomic mass is 16.6. The van der Waals surface area contributed by atoms with Gasteiger partial charge in [-0.2, -0.15) is 4.98 Å². The Labute approximate surface area is 92.6 Å². The molecule has 0 amide bonds. The molecule has 16 heavy (non-hydrogen) atoms. The van der Waals surface area contributed by atoms with Crippen LogP contribution >= 0.6 is 0 Å². The molecule has 0 fully saturated rings. The molecule has 0 saturated heterocycles. The van der Waals surface area contributed by atoms with Gasteiger partial charge in [0, 0.05) is 17.7 Å². The Bertz CT molecular complexity index is 400. The molecule has 0 bridgehead atoms. The molecule has 1 aromatic rings. The molecule has 4 N–H and O–H groups in total. The fourth-order valence-corrected chi connectivity index (χ4v) is 0.944. The van der Waals surface area contributed by atoms with E-state index in [-0.39, 0.29) is 24.0 Å². The zero-order valence-electron chi connectivity index (χ0n) is 9.14. The predicted octanol–water partition coefficient (Wildman–Crippen LogP) is 0.688. The minimum Gasteiger partial charge on any atom is -0.476 e. The van der Waals surface area contributed by atoms with E-state index in [1.807, 2.05) is 0 Å². The number of rotatable bonds is 4. The first-order chi connectivity index (χ1) is 7.29. The molecule has 0 spiro atoms. The largest absolute Gasteiger partial charge is 0.476 e. The summed E-state index contributed by atoms with van der Waals surface area (Å²) in [5.41, 5.74) is 10.4. The van der Waals surface area contributed by atoms with Gasteiger partial charge < -0.3 is 16.2 Å². The first-order valence-electron chi connectivity index (χ1n) is 4.62. The summed E-state index contributed by atoms with van der Waals surface area (Å²) in [5.74, 6) is 0.0546. The number of hydrogen-bond acceptors (Lipinski definition) is 6. The van der Waals surface area contributed by atoms with E-state index < -0.39 is 10.5 Å². The van der Waals surface area contributed by atoms with Crippen molar-refractivity contribution < 1.29 is 9.66 Å². The Morgan fingerprint density at radius 2 is 2.19 bits per heavy atom. The van der Waals surface area contributed by atoms with Gasteiger partial charge in [-0.15, -0.1) is 0 Å². The van der Waals surface area contributed by atoms with Gasteiger partial charge >= 0.3 is 5.69 Å². The molecule has 1 aromatic heterocycles. The molecule has 1 rings (SSSR count). The lowest BCUT2D eigenvalue weighted by molar-refractivity contribution is -0.384. The smallest absolute Gasteiger partial charge is 0.311 e. The number of ether oxygens (including phenoxy) is 1. The fourth-order valence-electron chi connectivity index (χ4n) is 0.944. The summed E-state index contributed by atoms with van der Waals surface area (Å²) in [6, 6.07) is 2.64. The zero-order chi connectivity index (χ0) is 12.3. The third kappa shape index (κ3) is 3.35. The van der Waals surface area contributed by atoms with Crippen LogP contribution in [0.5, 0.6) is 5.88 Å². The van der Waals surface area contributed by atoms with Crippen LogP contribution in [0.15, 0.2) is 12.1 Å². The molecule has 7 heteroatoms. The van der Waals surface area contributed by atoms with Crippen LogP contribution < -0.4 is 16.2 Å². The Hall–Kier alpha value is -1.89. The summed E-state index contributed by atoms with van der Waals surface area (Å²) in [5, 5.41) is 10.5. The molecule has 1 heterocycles. The summed E-state index contributed by atoms with van der Waals surface area (Å²) < 4.78 is 5.25. The molecule has 0 atom stereocenters. The van der Waals surface area contributed by atoms with Gasteiger partial charge in [-0.25, -0.2) is 0 Å². The highest BCUT2D eigenvalue weighted by molar-refractivity contribution is 5.53. The van der Waals surface area contributed by atoms with Gasteiger partial charge in [0.25, 0.3) is 0 Å². The van der Waals surface area contributed by atoms with Crippen molar-refractivity contribution >= 4 is 11.5 Å². The van der Waals surface area contributed by atoms with Crippen LogP contribution in [-0.2, 0) is 0 Å². The van der Waals surface area contributed by atoms with Crippen molar-refractivity contribution in [2.45, 2.75) is 19.4 Å². The molecule has 0 aliphatic heterocycles. The number of nitro groups is 1. The molecule has 0 aliphatic rings. The van der Waals surface area contributed by atoms with Gasteiger partial charge in [0.05, 0.1) is 4.92 Å². The number of aromatic nitrogens is 1. The van der Waals surface area contributed by atoms with E-state index >= 15 is 0 Å².